The highest BCUT2D eigenvalue weighted by Gasteiger charge is 2.27. The minimum absolute atomic E-state index is 0.205. The molecular formula is C14H19Cl2N. The van der Waals surface area contributed by atoms with E-state index in [1.165, 1.54) is 19.3 Å². The lowest BCUT2D eigenvalue weighted by Gasteiger charge is -2.20. The van der Waals surface area contributed by atoms with E-state index in [9.17, 15) is 0 Å². The zero-order valence-electron chi connectivity index (χ0n) is 10.1. The molecule has 0 radical (unpaired) electrons. The van der Waals surface area contributed by atoms with Crippen molar-refractivity contribution in [1.29, 1.82) is 0 Å². The molecule has 1 aromatic rings. The van der Waals surface area contributed by atoms with Crippen molar-refractivity contribution < 1.29 is 0 Å². The third-order valence-corrected chi connectivity index (χ3v) is 4.69. The van der Waals surface area contributed by atoms with E-state index in [4.69, 9.17) is 28.9 Å². The smallest absolute Gasteiger partial charge is 0.0624 e. The molecule has 17 heavy (non-hydrogen) atoms. The van der Waals surface area contributed by atoms with Gasteiger partial charge in [-0.1, -0.05) is 48.7 Å². The van der Waals surface area contributed by atoms with E-state index in [0.717, 1.165) is 17.9 Å². The van der Waals surface area contributed by atoms with Crippen molar-refractivity contribution in [2.24, 2.45) is 17.6 Å². The molecule has 1 fully saturated rings. The maximum atomic E-state index is 6.29. The summed E-state index contributed by atoms with van der Waals surface area (Å²) >= 11 is 12.2. The van der Waals surface area contributed by atoms with E-state index < -0.39 is 0 Å². The van der Waals surface area contributed by atoms with Gasteiger partial charge in [-0.05, 0) is 42.7 Å². The van der Waals surface area contributed by atoms with Crippen molar-refractivity contribution in [2.45, 2.75) is 38.6 Å². The van der Waals surface area contributed by atoms with Gasteiger partial charge in [0.25, 0.3) is 0 Å². The summed E-state index contributed by atoms with van der Waals surface area (Å²) in [6, 6.07) is 5.98. The van der Waals surface area contributed by atoms with Crippen LogP contribution in [0.4, 0.5) is 0 Å². The highest BCUT2D eigenvalue weighted by molar-refractivity contribution is 6.42. The predicted molar refractivity (Wildman–Crippen MR) is 74.6 cm³/mol. The molecule has 0 bridgehead atoms. The number of benzene rings is 1. The molecule has 1 nitrogen and oxygen atoms in total. The molecule has 0 saturated heterocycles. The zero-order valence-corrected chi connectivity index (χ0v) is 11.6. The summed E-state index contributed by atoms with van der Waals surface area (Å²) in [5.74, 6) is 1.46. The average Bonchev–Trinajstić information content (AvgIpc) is 2.72. The highest BCUT2D eigenvalue weighted by Crippen LogP contribution is 2.34. The minimum Gasteiger partial charge on any atom is -0.327 e. The molecule has 2 rings (SSSR count). The Balaban J connectivity index is 2.03. The number of rotatable bonds is 3. The second kappa shape index (κ2) is 5.60. The highest BCUT2D eigenvalue weighted by atomic mass is 35.5. The third kappa shape index (κ3) is 3.15. The molecule has 0 spiro atoms. The average molecular weight is 272 g/mol. The molecule has 0 heterocycles. The second-order valence-electron chi connectivity index (χ2n) is 5.26. The summed E-state index contributed by atoms with van der Waals surface area (Å²) in [5.41, 5.74) is 7.37. The fourth-order valence-electron chi connectivity index (χ4n) is 2.77. The van der Waals surface area contributed by atoms with Gasteiger partial charge in [-0.2, -0.15) is 0 Å². The van der Waals surface area contributed by atoms with E-state index in [0.29, 0.717) is 16.0 Å². The molecular weight excluding hydrogens is 253 g/mol. The second-order valence-corrected chi connectivity index (χ2v) is 6.04. The third-order valence-electron chi connectivity index (χ3n) is 3.83. The number of halogens is 2. The first-order valence-electron chi connectivity index (χ1n) is 6.26. The van der Waals surface area contributed by atoms with Crippen LogP contribution in [0.3, 0.4) is 0 Å². The van der Waals surface area contributed by atoms with Crippen LogP contribution in [0.15, 0.2) is 18.2 Å². The molecule has 1 aliphatic carbocycles. The Morgan fingerprint density at radius 2 is 2.12 bits per heavy atom. The molecule has 0 amide bonds. The van der Waals surface area contributed by atoms with Crippen LogP contribution in [0.5, 0.6) is 0 Å². The minimum atomic E-state index is 0.205. The summed E-state index contributed by atoms with van der Waals surface area (Å²) in [6.45, 7) is 2.30. The van der Waals surface area contributed by atoms with Gasteiger partial charge in [0, 0.05) is 6.04 Å². The maximum absolute atomic E-state index is 6.29. The Bertz CT molecular complexity index is 392. The van der Waals surface area contributed by atoms with Crippen LogP contribution in [-0.4, -0.2) is 6.04 Å². The van der Waals surface area contributed by atoms with Crippen LogP contribution in [0.25, 0.3) is 0 Å². The van der Waals surface area contributed by atoms with Gasteiger partial charge < -0.3 is 5.73 Å². The largest absolute Gasteiger partial charge is 0.327 e. The van der Waals surface area contributed by atoms with Gasteiger partial charge in [-0.25, -0.2) is 0 Å². The fourth-order valence-corrected chi connectivity index (χ4v) is 3.16. The first-order valence-corrected chi connectivity index (χ1v) is 7.02. The van der Waals surface area contributed by atoms with Crippen molar-refractivity contribution in [3.05, 3.63) is 33.8 Å². The molecule has 94 valence electrons. The molecule has 3 atom stereocenters. The van der Waals surface area contributed by atoms with Crippen LogP contribution >= 0.6 is 23.2 Å². The first kappa shape index (κ1) is 13.2. The number of nitrogens with two attached hydrogens (primary N) is 1. The summed E-state index contributed by atoms with van der Waals surface area (Å²) in [5, 5.41) is 1.28. The molecule has 0 aliphatic heterocycles. The van der Waals surface area contributed by atoms with E-state index in [2.05, 4.69) is 6.92 Å². The van der Waals surface area contributed by atoms with Crippen molar-refractivity contribution >= 4 is 23.2 Å². The van der Waals surface area contributed by atoms with E-state index in [1.807, 2.05) is 18.2 Å². The fraction of sp³-hybridized carbons (Fsp3) is 0.571. The van der Waals surface area contributed by atoms with Gasteiger partial charge in [-0.3, -0.25) is 0 Å². The van der Waals surface area contributed by atoms with Gasteiger partial charge in [0.15, 0.2) is 0 Å². The monoisotopic (exact) mass is 271 g/mol. The Labute approximate surface area is 113 Å². The molecule has 0 aromatic heterocycles. The molecule has 1 saturated carbocycles. The normalized spacial score (nSPS) is 26.1. The SMILES string of the molecule is CC1CCC(C(N)Cc2cccc(Cl)c2Cl)C1. The molecule has 2 N–H and O–H groups in total. The summed E-state index contributed by atoms with van der Waals surface area (Å²) in [6.07, 6.45) is 4.64. The Morgan fingerprint density at radius 1 is 1.35 bits per heavy atom. The Hall–Kier alpha value is -0.240. The molecule has 3 heteroatoms. The summed E-state index contributed by atoms with van der Waals surface area (Å²) < 4.78 is 0. The van der Waals surface area contributed by atoms with Gasteiger partial charge in [0.1, 0.15) is 0 Å². The van der Waals surface area contributed by atoms with E-state index >= 15 is 0 Å². The number of hydrogen-bond donors (Lipinski definition) is 1. The van der Waals surface area contributed by atoms with Crippen molar-refractivity contribution in [2.75, 3.05) is 0 Å². The van der Waals surface area contributed by atoms with Crippen molar-refractivity contribution in [1.82, 2.24) is 0 Å². The van der Waals surface area contributed by atoms with Gasteiger partial charge in [0.05, 0.1) is 10.0 Å². The maximum Gasteiger partial charge on any atom is 0.0624 e. The molecule has 1 aromatic carbocycles. The molecule has 1 aliphatic rings. The summed E-state index contributed by atoms with van der Waals surface area (Å²) in [4.78, 5) is 0. The van der Waals surface area contributed by atoms with Crippen molar-refractivity contribution in [3.63, 3.8) is 0 Å². The number of hydrogen-bond acceptors (Lipinski definition) is 1. The lowest BCUT2D eigenvalue weighted by atomic mass is 9.92. The van der Waals surface area contributed by atoms with E-state index in [1.54, 1.807) is 0 Å². The zero-order chi connectivity index (χ0) is 12.4. The van der Waals surface area contributed by atoms with Crippen LogP contribution in [-0.2, 0) is 6.42 Å². The van der Waals surface area contributed by atoms with E-state index in [-0.39, 0.29) is 6.04 Å². The molecule has 3 unspecified atom stereocenters. The van der Waals surface area contributed by atoms with Crippen LogP contribution in [0.1, 0.15) is 31.7 Å². The van der Waals surface area contributed by atoms with Crippen LogP contribution in [0.2, 0.25) is 10.0 Å². The Morgan fingerprint density at radius 3 is 2.76 bits per heavy atom. The Kier molecular flexibility index (Phi) is 4.35. The lowest BCUT2D eigenvalue weighted by Crippen LogP contribution is -2.31. The van der Waals surface area contributed by atoms with Gasteiger partial charge in [-0.15, -0.1) is 0 Å². The van der Waals surface area contributed by atoms with Gasteiger partial charge in [0.2, 0.25) is 0 Å². The van der Waals surface area contributed by atoms with Crippen molar-refractivity contribution in [3.8, 4) is 0 Å². The lowest BCUT2D eigenvalue weighted by molar-refractivity contribution is 0.415. The summed E-state index contributed by atoms with van der Waals surface area (Å²) in [7, 11) is 0. The first-order chi connectivity index (χ1) is 8.08. The standard InChI is InChI=1S/C14H19Cl2N/c1-9-5-6-10(7-9)13(17)8-11-3-2-4-12(15)14(11)16/h2-4,9-10,13H,5-8,17H2,1H3. The topological polar surface area (TPSA) is 26.0 Å². The quantitative estimate of drug-likeness (QED) is 0.872. The van der Waals surface area contributed by atoms with Crippen LogP contribution in [0, 0.1) is 11.8 Å². The predicted octanol–water partition coefficient (Wildman–Crippen LogP) is 4.30. The van der Waals surface area contributed by atoms with Gasteiger partial charge >= 0.3 is 0 Å². The van der Waals surface area contributed by atoms with Crippen LogP contribution < -0.4 is 5.73 Å².